The van der Waals surface area contributed by atoms with Crippen LogP contribution in [0.3, 0.4) is 0 Å². The summed E-state index contributed by atoms with van der Waals surface area (Å²) < 4.78 is 2.00. The number of amides is 1. The summed E-state index contributed by atoms with van der Waals surface area (Å²) in [6.45, 7) is 4.25. The van der Waals surface area contributed by atoms with Crippen LogP contribution in [0.1, 0.15) is 62.0 Å². The van der Waals surface area contributed by atoms with E-state index < -0.39 is 0 Å². The molecular weight excluding hydrogens is 288 g/mol. The van der Waals surface area contributed by atoms with Gasteiger partial charge in [0.05, 0.1) is 11.7 Å². The Morgan fingerprint density at radius 3 is 3.09 bits per heavy atom. The second-order valence-electron chi connectivity index (χ2n) is 6.49. The van der Waals surface area contributed by atoms with Crippen LogP contribution in [0, 0.1) is 0 Å². The van der Waals surface area contributed by atoms with E-state index in [0.717, 1.165) is 36.9 Å². The Bertz CT molecular complexity index is 663. The van der Waals surface area contributed by atoms with E-state index in [-0.39, 0.29) is 11.9 Å². The van der Waals surface area contributed by atoms with Gasteiger partial charge >= 0.3 is 0 Å². The molecule has 3 rings (SSSR count). The van der Waals surface area contributed by atoms with Crippen molar-refractivity contribution in [2.24, 2.45) is 0 Å². The number of nitrogens with zero attached hydrogens (tertiary/aromatic N) is 3. The highest BCUT2D eigenvalue weighted by Crippen LogP contribution is 2.29. The maximum Gasteiger partial charge on any atom is 0.220 e. The number of nitrogens with one attached hydrogen (secondary N) is 1. The molecule has 2 heterocycles. The van der Waals surface area contributed by atoms with E-state index >= 15 is 0 Å². The lowest BCUT2D eigenvalue weighted by atomic mass is 9.93. The van der Waals surface area contributed by atoms with Gasteiger partial charge in [-0.05, 0) is 56.7 Å². The molecule has 122 valence electrons. The largest absolute Gasteiger partial charge is 0.348 e. The van der Waals surface area contributed by atoms with E-state index in [1.165, 1.54) is 5.56 Å². The number of fused-ring (bicyclic) bond motifs is 1. The summed E-state index contributed by atoms with van der Waals surface area (Å²) >= 11 is 0. The van der Waals surface area contributed by atoms with Crippen LogP contribution >= 0.6 is 0 Å². The van der Waals surface area contributed by atoms with E-state index in [9.17, 15) is 4.79 Å². The molecule has 1 aliphatic carbocycles. The van der Waals surface area contributed by atoms with Gasteiger partial charge in [0.25, 0.3) is 0 Å². The fraction of sp³-hybridized carbons (Fsp3) is 0.500. The minimum Gasteiger partial charge on any atom is -0.348 e. The number of pyridine rings is 1. The summed E-state index contributed by atoms with van der Waals surface area (Å²) in [4.78, 5) is 16.4. The Morgan fingerprint density at radius 2 is 2.35 bits per heavy atom. The predicted octanol–water partition coefficient (Wildman–Crippen LogP) is 2.99. The number of carbonyl (C=O) groups is 1. The molecule has 23 heavy (non-hydrogen) atoms. The van der Waals surface area contributed by atoms with Gasteiger partial charge in [-0.1, -0.05) is 6.07 Å². The third-order valence-corrected chi connectivity index (χ3v) is 4.34. The van der Waals surface area contributed by atoms with Crippen LogP contribution in [0.25, 0.3) is 0 Å². The van der Waals surface area contributed by atoms with Crippen molar-refractivity contribution >= 4 is 5.91 Å². The molecule has 2 aromatic heterocycles. The van der Waals surface area contributed by atoms with Gasteiger partial charge < -0.3 is 5.32 Å². The third-order valence-electron chi connectivity index (χ3n) is 4.34. The van der Waals surface area contributed by atoms with Gasteiger partial charge in [-0.15, -0.1) is 0 Å². The molecular formula is C18H24N4O. The van der Waals surface area contributed by atoms with Gasteiger partial charge in [0.15, 0.2) is 0 Å². The van der Waals surface area contributed by atoms with E-state index in [1.807, 2.05) is 23.0 Å². The number of carbonyl (C=O) groups excluding carboxylic acids is 1. The molecule has 0 saturated carbocycles. The van der Waals surface area contributed by atoms with Crippen LogP contribution in [-0.2, 0) is 17.6 Å². The molecule has 1 atom stereocenters. The summed E-state index contributed by atoms with van der Waals surface area (Å²) in [6, 6.07) is 4.31. The third kappa shape index (κ3) is 3.78. The molecule has 1 aliphatic rings. The number of aromatic nitrogens is 3. The number of hydrogen-bond acceptors (Lipinski definition) is 3. The van der Waals surface area contributed by atoms with Gasteiger partial charge in [-0.3, -0.25) is 14.5 Å². The van der Waals surface area contributed by atoms with Crippen LogP contribution in [0.15, 0.2) is 30.7 Å². The minimum absolute atomic E-state index is 0.0557. The van der Waals surface area contributed by atoms with Gasteiger partial charge in [-0.25, -0.2) is 0 Å². The molecule has 0 aromatic carbocycles. The average Bonchev–Trinajstić information content (AvgIpc) is 3.00. The Morgan fingerprint density at radius 1 is 1.48 bits per heavy atom. The SMILES string of the molecule is CC(C)n1cc2c(n1)[C@@H](NC(=O)CCc1cccnc1)CCC2. The Balaban J connectivity index is 1.61. The van der Waals surface area contributed by atoms with E-state index in [2.05, 4.69) is 30.3 Å². The molecule has 0 bridgehead atoms. The summed E-state index contributed by atoms with van der Waals surface area (Å²) in [5.74, 6) is 0.0887. The van der Waals surface area contributed by atoms with E-state index in [0.29, 0.717) is 12.5 Å². The first-order chi connectivity index (χ1) is 11.1. The van der Waals surface area contributed by atoms with Crippen molar-refractivity contribution in [3.05, 3.63) is 47.5 Å². The van der Waals surface area contributed by atoms with Crippen molar-refractivity contribution in [3.63, 3.8) is 0 Å². The minimum atomic E-state index is 0.0557. The van der Waals surface area contributed by atoms with Crippen LogP contribution in [0.2, 0.25) is 0 Å². The van der Waals surface area contributed by atoms with Crippen molar-refractivity contribution in [2.75, 3.05) is 0 Å². The molecule has 0 saturated heterocycles. The van der Waals surface area contributed by atoms with Gasteiger partial charge in [0, 0.05) is 31.1 Å². The van der Waals surface area contributed by atoms with Gasteiger partial charge in [0.1, 0.15) is 0 Å². The molecule has 0 fully saturated rings. The topological polar surface area (TPSA) is 59.8 Å². The second kappa shape index (κ2) is 6.94. The summed E-state index contributed by atoms with van der Waals surface area (Å²) in [6.07, 6.45) is 10.0. The molecule has 0 unspecified atom stereocenters. The standard InChI is InChI=1S/C18H24N4O/c1-13(2)22-12-15-6-3-7-16(18(15)21-22)20-17(23)9-8-14-5-4-10-19-11-14/h4-5,10-13,16H,3,6-9H2,1-2H3,(H,20,23)/t16-/m0/s1. The van der Waals surface area contributed by atoms with Crippen molar-refractivity contribution in [3.8, 4) is 0 Å². The van der Waals surface area contributed by atoms with E-state index in [4.69, 9.17) is 5.10 Å². The summed E-state index contributed by atoms with van der Waals surface area (Å²) in [5, 5.41) is 7.86. The number of rotatable bonds is 5. The molecule has 5 heteroatoms. The Hall–Kier alpha value is -2.17. The fourth-order valence-electron chi connectivity index (χ4n) is 3.04. The molecule has 2 aromatic rings. The molecule has 0 aliphatic heterocycles. The van der Waals surface area contributed by atoms with Crippen molar-refractivity contribution in [1.82, 2.24) is 20.1 Å². The maximum atomic E-state index is 12.3. The van der Waals surface area contributed by atoms with Crippen LogP contribution in [0.5, 0.6) is 0 Å². The zero-order valence-corrected chi connectivity index (χ0v) is 13.8. The first-order valence-electron chi connectivity index (χ1n) is 8.39. The highest BCUT2D eigenvalue weighted by molar-refractivity contribution is 5.76. The Kier molecular flexibility index (Phi) is 4.74. The quantitative estimate of drug-likeness (QED) is 0.923. The lowest BCUT2D eigenvalue weighted by molar-refractivity contribution is -0.121. The van der Waals surface area contributed by atoms with Crippen molar-refractivity contribution in [2.45, 2.75) is 58.0 Å². The average molecular weight is 312 g/mol. The van der Waals surface area contributed by atoms with E-state index in [1.54, 1.807) is 6.20 Å². The van der Waals surface area contributed by atoms with Crippen molar-refractivity contribution in [1.29, 1.82) is 0 Å². The summed E-state index contributed by atoms with van der Waals surface area (Å²) in [5.41, 5.74) is 3.43. The molecule has 5 nitrogen and oxygen atoms in total. The molecule has 0 spiro atoms. The predicted molar refractivity (Wildman–Crippen MR) is 89.0 cm³/mol. The first-order valence-corrected chi connectivity index (χ1v) is 8.39. The Labute approximate surface area is 137 Å². The fourth-order valence-corrected chi connectivity index (χ4v) is 3.04. The number of aryl methyl sites for hydroxylation is 2. The highest BCUT2D eigenvalue weighted by Gasteiger charge is 2.25. The smallest absolute Gasteiger partial charge is 0.220 e. The highest BCUT2D eigenvalue weighted by atomic mass is 16.1. The van der Waals surface area contributed by atoms with Gasteiger partial charge in [0.2, 0.25) is 5.91 Å². The van der Waals surface area contributed by atoms with Crippen molar-refractivity contribution < 1.29 is 4.79 Å². The van der Waals surface area contributed by atoms with Gasteiger partial charge in [-0.2, -0.15) is 5.10 Å². The summed E-state index contributed by atoms with van der Waals surface area (Å²) in [7, 11) is 0. The van der Waals surface area contributed by atoms with Crippen LogP contribution < -0.4 is 5.32 Å². The number of hydrogen-bond donors (Lipinski definition) is 1. The lowest BCUT2D eigenvalue weighted by Gasteiger charge is -2.22. The lowest BCUT2D eigenvalue weighted by Crippen LogP contribution is -2.31. The second-order valence-corrected chi connectivity index (χ2v) is 6.49. The first kappa shape index (κ1) is 15.7. The normalized spacial score (nSPS) is 17.1. The van der Waals surface area contributed by atoms with Crippen LogP contribution in [-0.4, -0.2) is 20.7 Å². The van der Waals surface area contributed by atoms with Crippen LogP contribution in [0.4, 0.5) is 0 Å². The zero-order valence-electron chi connectivity index (χ0n) is 13.8. The molecule has 1 amide bonds. The monoisotopic (exact) mass is 312 g/mol. The molecule has 0 radical (unpaired) electrons. The molecule has 1 N–H and O–H groups in total. The maximum absolute atomic E-state index is 12.3. The zero-order chi connectivity index (χ0) is 16.2.